The van der Waals surface area contributed by atoms with Gasteiger partial charge in [-0.05, 0) is 31.0 Å². The number of carbonyl (C=O) groups excluding carboxylic acids is 1. The van der Waals surface area contributed by atoms with Crippen LogP contribution in [-0.2, 0) is 16.1 Å². The topological polar surface area (TPSA) is 79.1 Å². The van der Waals surface area contributed by atoms with Gasteiger partial charge in [0.2, 0.25) is 0 Å². The van der Waals surface area contributed by atoms with Gasteiger partial charge in [0.25, 0.3) is 0 Å². The van der Waals surface area contributed by atoms with E-state index in [1.54, 1.807) is 13.0 Å². The Balaban J connectivity index is 2.03. The van der Waals surface area contributed by atoms with E-state index in [0.29, 0.717) is 23.3 Å². The van der Waals surface area contributed by atoms with E-state index in [1.807, 2.05) is 37.3 Å². The molecule has 0 radical (unpaired) electrons. The number of phenolic OH excluding ortho intramolecular Hbond substituents is 2. The summed E-state index contributed by atoms with van der Waals surface area (Å²) in [6.07, 6.45) is 0.545. The van der Waals surface area contributed by atoms with Gasteiger partial charge in [-0.15, -0.1) is 0 Å². The second kappa shape index (κ2) is 8.15. The molecular weight excluding hydrogens is 306 g/mol. The first kappa shape index (κ1) is 17.5. The normalized spacial score (nSPS) is 11.3. The third-order valence-corrected chi connectivity index (χ3v) is 3.69. The number of aromatic hydroxyl groups is 2. The predicted molar refractivity (Wildman–Crippen MR) is 92.4 cm³/mol. The van der Waals surface area contributed by atoms with Crippen LogP contribution in [0.15, 0.2) is 47.5 Å². The van der Waals surface area contributed by atoms with Gasteiger partial charge in [0, 0.05) is 16.8 Å². The largest absolute Gasteiger partial charge is 0.508 e. The SMILES string of the molecule is CC/C(=N\CC(=O)OCc1ccccc1)c1ccc(O)c(C)c1O. The molecule has 0 saturated carbocycles. The van der Waals surface area contributed by atoms with Crippen LogP contribution in [0.1, 0.15) is 30.0 Å². The van der Waals surface area contributed by atoms with E-state index in [-0.39, 0.29) is 24.7 Å². The van der Waals surface area contributed by atoms with Crippen molar-refractivity contribution in [3.63, 3.8) is 0 Å². The molecule has 0 bridgehead atoms. The van der Waals surface area contributed by atoms with Gasteiger partial charge in [0.1, 0.15) is 24.7 Å². The molecule has 5 nitrogen and oxygen atoms in total. The lowest BCUT2D eigenvalue weighted by molar-refractivity contribution is -0.143. The number of phenols is 2. The predicted octanol–water partition coefficient (Wildman–Crippen LogP) is 3.35. The Morgan fingerprint density at radius 1 is 1.12 bits per heavy atom. The Bertz CT molecular complexity index is 739. The van der Waals surface area contributed by atoms with Crippen LogP contribution in [0, 0.1) is 6.92 Å². The fourth-order valence-electron chi connectivity index (χ4n) is 2.25. The summed E-state index contributed by atoms with van der Waals surface area (Å²) in [7, 11) is 0. The highest BCUT2D eigenvalue weighted by atomic mass is 16.5. The van der Waals surface area contributed by atoms with E-state index in [9.17, 15) is 15.0 Å². The molecule has 0 unspecified atom stereocenters. The highest BCUT2D eigenvalue weighted by molar-refractivity contribution is 6.03. The minimum absolute atomic E-state index is 0.0201. The molecule has 0 aliphatic carbocycles. The number of ether oxygens (including phenoxy) is 1. The van der Waals surface area contributed by atoms with E-state index in [1.165, 1.54) is 6.07 Å². The summed E-state index contributed by atoms with van der Waals surface area (Å²) in [5, 5.41) is 19.7. The smallest absolute Gasteiger partial charge is 0.328 e. The van der Waals surface area contributed by atoms with E-state index in [4.69, 9.17) is 4.74 Å². The molecule has 0 saturated heterocycles. The highest BCUT2D eigenvalue weighted by Crippen LogP contribution is 2.30. The number of hydrogen-bond acceptors (Lipinski definition) is 5. The first-order chi connectivity index (χ1) is 11.5. The monoisotopic (exact) mass is 327 g/mol. The molecule has 0 heterocycles. The zero-order valence-electron chi connectivity index (χ0n) is 13.8. The van der Waals surface area contributed by atoms with Crippen molar-refractivity contribution in [2.45, 2.75) is 26.9 Å². The Morgan fingerprint density at radius 2 is 1.83 bits per heavy atom. The fraction of sp³-hybridized carbons (Fsp3) is 0.263. The molecular formula is C19H21NO4. The molecule has 0 fully saturated rings. The molecule has 0 aliphatic heterocycles. The number of aliphatic imine (C=N–C) groups is 1. The first-order valence-corrected chi connectivity index (χ1v) is 7.77. The Kier molecular flexibility index (Phi) is 5.95. The number of esters is 1. The number of rotatable bonds is 6. The van der Waals surface area contributed by atoms with Crippen LogP contribution in [0.25, 0.3) is 0 Å². The molecule has 2 aromatic rings. The molecule has 126 valence electrons. The van der Waals surface area contributed by atoms with Crippen LogP contribution >= 0.6 is 0 Å². The summed E-state index contributed by atoms with van der Waals surface area (Å²) in [6, 6.07) is 12.5. The average Bonchev–Trinajstić information content (AvgIpc) is 2.61. The lowest BCUT2D eigenvalue weighted by Gasteiger charge is -2.10. The van der Waals surface area contributed by atoms with E-state index in [2.05, 4.69) is 4.99 Å². The van der Waals surface area contributed by atoms with Crippen LogP contribution in [0.2, 0.25) is 0 Å². The van der Waals surface area contributed by atoms with Crippen molar-refractivity contribution in [3.05, 3.63) is 59.2 Å². The maximum Gasteiger partial charge on any atom is 0.328 e. The molecule has 24 heavy (non-hydrogen) atoms. The summed E-state index contributed by atoms with van der Waals surface area (Å²) in [4.78, 5) is 16.1. The highest BCUT2D eigenvalue weighted by Gasteiger charge is 2.13. The van der Waals surface area contributed by atoms with E-state index < -0.39 is 5.97 Å². The van der Waals surface area contributed by atoms with Gasteiger partial charge in [-0.2, -0.15) is 0 Å². The molecule has 2 aromatic carbocycles. The van der Waals surface area contributed by atoms with Crippen molar-refractivity contribution >= 4 is 11.7 Å². The lowest BCUT2D eigenvalue weighted by Crippen LogP contribution is -2.11. The average molecular weight is 327 g/mol. The molecule has 0 amide bonds. The lowest BCUT2D eigenvalue weighted by atomic mass is 10.0. The van der Waals surface area contributed by atoms with Crippen molar-refractivity contribution < 1.29 is 19.7 Å². The first-order valence-electron chi connectivity index (χ1n) is 7.77. The Labute approximate surface area is 141 Å². The van der Waals surface area contributed by atoms with Gasteiger partial charge in [0.15, 0.2) is 0 Å². The third-order valence-electron chi connectivity index (χ3n) is 3.69. The Morgan fingerprint density at radius 3 is 2.50 bits per heavy atom. The summed E-state index contributed by atoms with van der Waals surface area (Å²) < 4.78 is 5.18. The van der Waals surface area contributed by atoms with Crippen LogP contribution < -0.4 is 0 Å². The van der Waals surface area contributed by atoms with Crippen molar-refractivity contribution in [1.82, 2.24) is 0 Å². The Hall–Kier alpha value is -2.82. The minimum atomic E-state index is -0.431. The standard InChI is InChI=1S/C19H21NO4/c1-3-16(15-9-10-17(21)13(2)19(15)23)20-11-18(22)24-12-14-7-5-4-6-8-14/h4-10,21,23H,3,11-12H2,1-2H3/b20-16+. The fourth-order valence-corrected chi connectivity index (χ4v) is 2.25. The molecule has 5 heteroatoms. The third kappa shape index (κ3) is 4.35. The summed E-state index contributed by atoms with van der Waals surface area (Å²) in [5.74, 6) is -0.429. The van der Waals surface area contributed by atoms with Crippen molar-refractivity contribution in [3.8, 4) is 11.5 Å². The number of carbonyl (C=O) groups is 1. The van der Waals surface area contributed by atoms with Crippen molar-refractivity contribution in [2.24, 2.45) is 4.99 Å². The van der Waals surface area contributed by atoms with Crippen molar-refractivity contribution in [2.75, 3.05) is 6.54 Å². The number of benzene rings is 2. The van der Waals surface area contributed by atoms with Crippen LogP contribution in [0.5, 0.6) is 11.5 Å². The minimum Gasteiger partial charge on any atom is -0.508 e. The quantitative estimate of drug-likeness (QED) is 0.630. The summed E-state index contributed by atoms with van der Waals surface area (Å²) in [6.45, 7) is 3.60. The van der Waals surface area contributed by atoms with Gasteiger partial charge in [-0.1, -0.05) is 37.3 Å². The number of hydrogen-bond donors (Lipinski definition) is 2. The maximum atomic E-state index is 11.8. The number of nitrogens with zero attached hydrogens (tertiary/aromatic N) is 1. The van der Waals surface area contributed by atoms with Gasteiger partial charge in [0.05, 0.1) is 0 Å². The zero-order chi connectivity index (χ0) is 17.5. The molecule has 0 aromatic heterocycles. The van der Waals surface area contributed by atoms with Gasteiger partial charge >= 0.3 is 5.97 Å². The van der Waals surface area contributed by atoms with Gasteiger partial charge in [-0.3, -0.25) is 9.79 Å². The molecule has 2 N–H and O–H groups in total. The molecule has 0 spiro atoms. The second-order valence-corrected chi connectivity index (χ2v) is 5.37. The van der Waals surface area contributed by atoms with Crippen molar-refractivity contribution in [1.29, 1.82) is 0 Å². The van der Waals surface area contributed by atoms with Gasteiger partial charge < -0.3 is 14.9 Å². The summed E-state index contributed by atoms with van der Waals surface area (Å²) in [5.41, 5.74) is 2.41. The molecule has 0 aliphatic rings. The van der Waals surface area contributed by atoms with E-state index in [0.717, 1.165) is 5.56 Å². The van der Waals surface area contributed by atoms with Crippen LogP contribution in [0.4, 0.5) is 0 Å². The van der Waals surface area contributed by atoms with Gasteiger partial charge in [-0.25, -0.2) is 0 Å². The van der Waals surface area contributed by atoms with E-state index >= 15 is 0 Å². The second-order valence-electron chi connectivity index (χ2n) is 5.37. The molecule has 2 rings (SSSR count). The maximum absolute atomic E-state index is 11.8. The van der Waals surface area contributed by atoms with Crippen LogP contribution in [0.3, 0.4) is 0 Å². The zero-order valence-corrected chi connectivity index (χ0v) is 13.8. The molecule has 0 atom stereocenters. The van der Waals surface area contributed by atoms with Crippen LogP contribution in [-0.4, -0.2) is 28.4 Å². The summed E-state index contributed by atoms with van der Waals surface area (Å²) >= 11 is 0.